The number of H-pyrrole nitrogens is 1. The molecule has 4 nitrogen and oxygen atoms in total. The Kier molecular flexibility index (Phi) is 4.09. The van der Waals surface area contributed by atoms with Gasteiger partial charge in [0.15, 0.2) is 5.43 Å². The van der Waals surface area contributed by atoms with E-state index in [4.69, 9.17) is 4.74 Å². The summed E-state index contributed by atoms with van der Waals surface area (Å²) in [6.45, 7) is 3.97. The van der Waals surface area contributed by atoms with Crippen LogP contribution in [-0.4, -0.2) is 17.6 Å². The van der Waals surface area contributed by atoms with Crippen LogP contribution in [0.4, 0.5) is 0 Å². The highest BCUT2D eigenvalue weighted by Gasteiger charge is 2.13. The molecule has 1 heterocycles. The third-order valence-electron chi connectivity index (χ3n) is 2.04. The molecule has 0 spiro atoms. The number of hydrogen-bond acceptors (Lipinski definition) is 3. The molecule has 0 amide bonds. The molecule has 0 atom stereocenters. The minimum Gasteiger partial charge on any atom is -0.462 e. The molecule has 15 heavy (non-hydrogen) atoms. The number of hydrogen-bond donors (Lipinski definition) is 1. The van der Waals surface area contributed by atoms with Crippen molar-refractivity contribution in [2.75, 3.05) is 6.61 Å². The highest BCUT2D eigenvalue weighted by Crippen LogP contribution is 1.99. The molecule has 0 aliphatic carbocycles. The molecule has 1 N–H and O–H groups in total. The van der Waals surface area contributed by atoms with Gasteiger partial charge in [0, 0.05) is 18.0 Å². The average molecular weight is 209 g/mol. The number of aryl methyl sites for hydroxylation is 1. The Hall–Kier alpha value is -1.58. The Morgan fingerprint density at radius 1 is 1.40 bits per heavy atom. The van der Waals surface area contributed by atoms with Crippen molar-refractivity contribution in [1.82, 2.24) is 4.98 Å². The van der Waals surface area contributed by atoms with E-state index < -0.39 is 5.97 Å². The third kappa shape index (κ3) is 2.68. The summed E-state index contributed by atoms with van der Waals surface area (Å²) in [6, 6.07) is 0. The van der Waals surface area contributed by atoms with E-state index in [0.29, 0.717) is 12.0 Å². The van der Waals surface area contributed by atoms with Crippen molar-refractivity contribution >= 4 is 5.97 Å². The quantitative estimate of drug-likeness (QED) is 0.764. The van der Waals surface area contributed by atoms with Gasteiger partial charge in [0.05, 0.1) is 6.61 Å². The van der Waals surface area contributed by atoms with Crippen LogP contribution in [0.25, 0.3) is 0 Å². The second-order valence-corrected chi connectivity index (χ2v) is 3.19. The zero-order valence-corrected chi connectivity index (χ0v) is 9.00. The molecule has 0 aliphatic heterocycles. The molecule has 1 aromatic rings. The number of nitrogens with one attached hydrogen (secondary N) is 1. The molecule has 1 rings (SSSR count). The molecule has 4 heteroatoms. The van der Waals surface area contributed by atoms with Crippen LogP contribution < -0.4 is 5.43 Å². The van der Waals surface area contributed by atoms with Crippen LogP contribution in [0.2, 0.25) is 0 Å². The second kappa shape index (κ2) is 5.34. The van der Waals surface area contributed by atoms with E-state index in [1.54, 1.807) is 13.1 Å². The molecular weight excluding hydrogens is 194 g/mol. The van der Waals surface area contributed by atoms with Crippen molar-refractivity contribution in [3.63, 3.8) is 0 Å². The molecule has 0 bridgehead atoms. The van der Waals surface area contributed by atoms with Gasteiger partial charge < -0.3 is 9.72 Å². The SMILES string of the molecule is CCCc1c[nH]cc(C(=O)OCC)c1=O. The molecule has 0 aliphatic rings. The summed E-state index contributed by atoms with van der Waals surface area (Å²) in [5.41, 5.74) is 0.486. The van der Waals surface area contributed by atoms with Gasteiger partial charge in [-0.1, -0.05) is 13.3 Å². The van der Waals surface area contributed by atoms with E-state index in [1.165, 1.54) is 6.20 Å². The smallest absolute Gasteiger partial charge is 0.343 e. The van der Waals surface area contributed by atoms with Crippen molar-refractivity contribution in [3.05, 3.63) is 33.7 Å². The van der Waals surface area contributed by atoms with E-state index in [2.05, 4.69) is 4.98 Å². The molecule has 0 saturated heterocycles. The Morgan fingerprint density at radius 3 is 2.73 bits per heavy atom. The van der Waals surface area contributed by atoms with Crippen LogP contribution in [0.5, 0.6) is 0 Å². The van der Waals surface area contributed by atoms with Gasteiger partial charge in [-0.3, -0.25) is 4.79 Å². The van der Waals surface area contributed by atoms with Crippen molar-refractivity contribution in [3.8, 4) is 0 Å². The van der Waals surface area contributed by atoms with Gasteiger partial charge in [-0.25, -0.2) is 4.79 Å². The molecule has 82 valence electrons. The molecule has 0 radical (unpaired) electrons. The van der Waals surface area contributed by atoms with Crippen LogP contribution in [0.3, 0.4) is 0 Å². The zero-order valence-electron chi connectivity index (χ0n) is 9.00. The van der Waals surface area contributed by atoms with Crippen LogP contribution in [0.15, 0.2) is 17.2 Å². The normalized spacial score (nSPS) is 10.0. The van der Waals surface area contributed by atoms with Gasteiger partial charge >= 0.3 is 5.97 Å². The lowest BCUT2D eigenvalue weighted by Crippen LogP contribution is -2.20. The second-order valence-electron chi connectivity index (χ2n) is 3.19. The molecule has 1 aromatic heterocycles. The zero-order chi connectivity index (χ0) is 11.3. The first kappa shape index (κ1) is 11.5. The Morgan fingerprint density at radius 2 is 2.13 bits per heavy atom. The number of carbonyl (C=O) groups excluding carboxylic acids is 1. The summed E-state index contributed by atoms with van der Waals surface area (Å²) < 4.78 is 4.78. The molecular formula is C11H15NO3. The summed E-state index contributed by atoms with van der Waals surface area (Å²) in [4.78, 5) is 25.9. The van der Waals surface area contributed by atoms with Crippen LogP contribution in [0.1, 0.15) is 36.2 Å². The third-order valence-corrected chi connectivity index (χ3v) is 2.04. The summed E-state index contributed by atoms with van der Waals surface area (Å²) in [7, 11) is 0. The number of pyridine rings is 1. The van der Waals surface area contributed by atoms with Crippen molar-refractivity contribution in [2.24, 2.45) is 0 Å². The van der Waals surface area contributed by atoms with Gasteiger partial charge in [0.25, 0.3) is 0 Å². The first-order chi connectivity index (χ1) is 7.20. The minimum absolute atomic E-state index is 0.0859. The predicted molar refractivity (Wildman–Crippen MR) is 57.0 cm³/mol. The van der Waals surface area contributed by atoms with Gasteiger partial charge in [0.2, 0.25) is 0 Å². The van der Waals surface area contributed by atoms with Crippen molar-refractivity contribution in [1.29, 1.82) is 0 Å². The molecule has 0 aromatic carbocycles. The number of aromatic amines is 1. The van der Waals surface area contributed by atoms with Gasteiger partial charge in [-0.05, 0) is 13.3 Å². The number of esters is 1. The summed E-state index contributed by atoms with van der Waals surface area (Å²) >= 11 is 0. The summed E-state index contributed by atoms with van der Waals surface area (Å²) in [5, 5.41) is 0. The Balaban J connectivity index is 3.04. The Labute approximate surface area is 88.3 Å². The molecule has 0 unspecified atom stereocenters. The fourth-order valence-electron chi connectivity index (χ4n) is 1.35. The van der Waals surface area contributed by atoms with E-state index in [9.17, 15) is 9.59 Å². The maximum absolute atomic E-state index is 11.8. The van der Waals surface area contributed by atoms with Crippen molar-refractivity contribution in [2.45, 2.75) is 26.7 Å². The minimum atomic E-state index is -0.559. The maximum atomic E-state index is 11.8. The lowest BCUT2D eigenvalue weighted by Gasteiger charge is -2.02. The monoisotopic (exact) mass is 209 g/mol. The lowest BCUT2D eigenvalue weighted by atomic mass is 10.1. The average Bonchev–Trinajstić information content (AvgIpc) is 2.22. The largest absolute Gasteiger partial charge is 0.462 e. The number of aromatic nitrogens is 1. The van der Waals surface area contributed by atoms with E-state index in [-0.39, 0.29) is 17.6 Å². The lowest BCUT2D eigenvalue weighted by molar-refractivity contribution is 0.0524. The highest BCUT2D eigenvalue weighted by atomic mass is 16.5. The topological polar surface area (TPSA) is 59.2 Å². The van der Waals surface area contributed by atoms with Crippen LogP contribution in [0, 0.1) is 0 Å². The number of carbonyl (C=O) groups is 1. The summed E-state index contributed by atoms with van der Waals surface area (Å²) in [5.74, 6) is -0.559. The summed E-state index contributed by atoms with van der Waals surface area (Å²) in [6.07, 6.45) is 4.56. The number of rotatable bonds is 4. The van der Waals surface area contributed by atoms with Gasteiger partial charge in [-0.15, -0.1) is 0 Å². The standard InChI is InChI=1S/C11H15NO3/c1-3-5-8-6-12-7-9(10(8)13)11(14)15-4-2/h6-7H,3-5H2,1-2H3,(H,12,13). The van der Waals surface area contributed by atoms with E-state index in [1.807, 2.05) is 6.92 Å². The molecule has 0 saturated carbocycles. The van der Waals surface area contributed by atoms with Crippen LogP contribution in [-0.2, 0) is 11.2 Å². The maximum Gasteiger partial charge on any atom is 0.343 e. The first-order valence-corrected chi connectivity index (χ1v) is 5.07. The molecule has 0 fully saturated rings. The van der Waals surface area contributed by atoms with E-state index in [0.717, 1.165) is 6.42 Å². The van der Waals surface area contributed by atoms with Crippen LogP contribution >= 0.6 is 0 Å². The highest BCUT2D eigenvalue weighted by molar-refractivity contribution is 5.89. The number of ether oxygens (including phenoxy) is 1. The predicted octanol–water partition coefficient (Wildman–Crippen LogP) is 1.50. The van der Waals surface area contributed by atoms with Crippen molar-refractivity contribution < 1.29 is 9.53 Å². The van der Waals surface area contributed by atoms with Gasteiger partial charge in [-0.2, -0.15) is 0 Å². The van der Waals surface area contributed by atoms with E-state index >= 15 is 0 Å². The first-order valence-electron chi connectivity index (χ1n) is 5.07. The fraction of sp³-hybridized carbons (Fsp3) is 0.455. The van der Waals surface area contributed by atoms with Gasteiger partial charge in [0.1, 0.15) is 5.56 Å². The fourth-order valence-corrected chi connectivity index (χ4v) is 1.35. The Bertz CT molecular complexity index is 395.